The van der Waals surface area contributed by atoms with Gasteiger partial charge in [-0.1, -0.05) is 25.1 Å². The van der Waals surface area contributed by atoms with Crippen LogP contribution in [0.4, 0.5) is 0 Å². The van der Waals surface area contributed by atoms with E-state index in [1.54, 1.807) is 0 Å². The second kappa shape index (κ2) is 4.85. The molecule has 2 rings (SSSR count). The van der Waals surface area contributed by atoms with Gasteiger partial charge in [-0.05, 0) is 18.1 Å². The van der Waals surface area contributed by atoms with Crippen molar-refractivity contribution >= 4 is 0 Å². The largest absolute Gasteiger partial charge is 0.493 e. The van der Waals surface area contributed by atoms with E-state index in [-0.39, 0.29) is 12.0 Å². The van der Waals surface area contributed by atoms with Crippen LogP contribution in [0.1, 0.15) is 12.5 Å². The first kappa shape index (κ1) is 11.4. The Morgan fingerprint density at radius 1 is 1.38 bits per heavy atom. The van der Waals surface area contributed by atoms with Gasteiger partial charge >= 0.3 is 0 Å². The number of benzene rings is 1. The summed E-state index contributed by atoms with van der Waals surface area (Å²) in [5.74, 6) is 0.879. The first-order chi connectivity index (χ1) is 7.73. The van der Waals surface area contributed by atoms with Gasteiger partial charge in [-0.3, -0.25) is 0 Å². The lowest BCUT2D eigenvalue weighted by molar-refractivity contribution is -0.120. The lowest BCUT2D eigenvalue weighted by Crippen LogP contribution is -2.44. The molecule has 1 aromatic carbocycles. The average Bonchev–Trinajstić information content (AvgIpc) is 2.26. The third-order valence-corrected chi connectivity index (χ3v) is 2.83. The number of ether oxygens (including phenoxy) is 2. The normalized spacial score (nSPS) is 17.9. The predicted octanol–water partition coefficient (Wildman–Crippen LogP) is 1.64. The molecule has 0 spiro atoms. The number of para-hydroxylation sites is 1. The molecule has 0 unspecified atom stereocenters. The van der Waals surface area contributed by atoms with E-state index in [2.05, 4.69) is 6.92 Å². The summed E-state index contributed by atoms with van der Waals surface area (Å²) in [6.45, 7) is 4.53. The summed E-state index contributed by atoms with van der Waals surface area (Å²) in [6.07, 6.45) is 0.642. The lowest BCUT2D eigenvalue weighted by atomic mass is 9.90. The molecule has 88 valence electrons. The zero-order chi connectivity index (χ0) is 11.4. The van der Waals surface area contributed by atoms with Crippen LogP contribution in [0.25, 0.3) is 0 Å². The molecule has 3 heteroatoms. The van der Waals surface area contributed by atoms with Crippen molar-refractivity contribution in [3.05, 3.63) is 29.8 Å². The quantitative estimate of drug-likeness (QED) is 0.823. The van der Waals surface area contributed by atoms with Gasteiger partial charge < -0.3 is 14.6 Å². The minimum absolute atomic E-state index is 0.154. The van der Waals surface area contributed by atoms with Gasteiger partial charge in [0.05, 0.1) is 19.8 Å². The zero-order valence-corrected chi connectivity index (χ0v) is 9.61. The van der Waals surface area contributed by atoms with Crippen LogP contribution in [0, 0.1) is 5.41 Å². The molecule has 0 aromatic heterocycles. The van der Waals surface area contributed by atoms with Gasteiger partial charge in [-0.25, -0.2) is 0 Å². The van der Waals surface area contributed by atoms with E-state index in [9.17, 15) is 0 Å². The molecular weight excluding hydrogens is 204 g/mol. The van der Waals surface area contributed by atoms with Crippen molar-refractivity contribution in [2.24, 2.45) is 5.41 Å². The summed E-state index contributed by atoms with van der Waals surface area (Å²) < 4.78 is 11.0. The molecule has 0 bridgehead atoms. The molecule has 1 saturated heterocycles. The van der Waals surface area contributed by atoms with Crippen molar-refractivity contribution in [2.45, 2.75) is 13.3 Å². The maximum Gasteiger partial charge on any atom is 0.122 e. The predicted molar refractivity (Wildman–Crippen MR) is 61.7 cm³/mol. The van der Waals surface area contributed by atoms with Gasteiger partial charge in [0.1, 0.15) is 5.75 Å². The van der Waals surface area contributed by atoms with Crippen molar-refractivity contribution in [1.29, 1.82) is 0 Å². The van der Waals surface area contributed by atoms with E-state index < -0.39 is 0 Å². The second-order valence-electron chi connectivity index (χ2n) is 4.67. The minimum Gasteiger partial charge on any atom is -0.493 e. The summed E-state index contributed by atoms with van der Waals surface area (Å²) in [6, 6.07) is 7.86. The van der Waals surface area contributed by atoms with E-state index in [1.807, 2.05) is 24.3 Å². The average molecular weight is 222 g/mol. The molecule has 0 aliphatic carbocycles. The summed E-state index contributed by atoms with van der Waals surface area (Å²) in [5.41, 5.74) is 1.22. The monoisotopic (exact) mass is 222 g/mol. The second-order valence-corrected chi connectivity index (χ2v) is 4.67. The Bertz CT molecular complexity index is 345. The fourth-order valence-electron chi connectivity index (χ4n) is 1.76. The Balaban J connectivity index is 1.97. The summed E-state index contributed by atoms with van der Waals surface area (Å²) in [5, 5.41) is 8.95. The Morgan fingerprint density at radius 3 is 2.75 bits per heavy atom. The highest BCUT2D eigenvalue weighted by Gasteiger charge is 2.34. The standard InChI is InChI=1S/C13H18O3/c1-13(8-15-9-13)10-16-12-5-3-2-4-11(12)6-7-14/h2-5,14H,6-10H2,1H3. The van der Waals surface area contributed by atoms with Gasteiger partial charge in [0.2, 0.25) is 0 Å². The van der Waals surface area contributed by atoms with Crippen LogP contribution in [-0.4, -0.2) is 31.5 Å². The van der Waals surface area contributed by atoms with Crippen LogP contribution < -0.4 is 4.74 Å². The third kappa shape index (κ3) is 2.54. The van der Waals surface area contributed by atoms with E-state index in [4.69, 9.17) is 14.6 Å². The van der Waals surface area contributed by atoms with Crippen LogP contribution in [0.15, 0.2) is 24.3 Å². The fourth-order valence-corrected chi connectivity index (χ4v) is 1.76. The number of aliphatic hydroxyl groups excluding tert-OH is 1. The van der Waals surface area contributed by atoms with Gasteiger partial charge in [0, 0.05) is 12.0 Å². The number of hydrogen-bond donors (Lipinski definition) is 1. The first-order valence-electron chi connectivity index (χ1n) is 5.63. The summed E-state index contributed by atoms with van der Waals surface area (Å²) in [7, 11) is 0. The fraction of sp³-hybridized carbons (Fsp3) is 0.538. The smallest absolute Gasteiger partial charge is 0.122 e. The van der Waals surface area contributed by atoms with Gasteiger partial charge in [0.25, 0.3) is 0 Å². The number of hydrogen-bond acceptors (Lipinski definition) is 3. The van der Waals surface area contributed by atoms with Crippen LogP contribution in [0.5, 0.6) is 5.75 Å². The van der Waals surface area contributed by atoms with Crippen molar-refractivity contribution in [3.8, 4) is 5.75 Å². The molecule has 1 aromatic rings. The summed E-state index contributed by atoms with van der Waals surface area (Å²) in [4.78, 5) is 0. The molecule has 3 nitrogen and oxygen atoms in total. The molecule has 16 heavy (non-hydrogen) atoms. The van der Waals surface area contributed by atoms with Crippen molar-refractivity contribution < 1.29 is 14.6 Å². The lowest BCUT2D eigenvalue weighted by Gasteiger charge is -2.37. The number of rotatable bonds is 5. The molecule has 1 aliphatic heterocycles. The Hall–Kier alpha value is -1.06. The molecule has 0 atom stereocenters. The highest BCUT2D eigenvalue weighted by atomic mass is 16.5. The SMILES string of the molecule is CC1(COc2ccccc2CCO)COC1. The van der Waals surface area contributed by atoms with Crippen molar-refractivity contribution in [1.82, 2.24) is 0 Å². The van der Waals surface area contributed by atoms with Crippen LogP contribution in [-0.2, 0) is 11.2 Å². The van der Waals surface area contributed by atoms with E-state index >= 15 is 0 Å². The van der Waals surface area contributed by atoms with Crippen LogP contribution in [0.3, 0.4) is 0 Å². The van der Waals surface area contributed by atoms with E-state index in [1.165, 1.54) is 0 Å². The molecular formula is C13H18O3. The maximum atomic E-state index is 8.95. The topological polar surface area (TPSA) is 38.7 Å². The Kier molecular flexibility index (Phi) is 3.46. The Morgan fingerprint density at radius 2 is 2.12 bits per heavy atom. The molecule has 1 aliphatic rings. The molecule has 1 N–H and O–H groups in total. The van der Waals surface area contributed by atoms with Crippen LogP contribution >= 0.6 is 0 Å². The van der Waals surface area contributed by atoms with Gasteiger partial charge in [0.15, 0.2) is 0 Å². The first-order valence-corrected chi connectivity index (χ1v) is 5.63. The Labute approximate surface area is 96.0 Å². The molecule has 1 heterocycles. The maximum absolute atomic E-state index is 8.95. The van der Waals surface area contributed by atoms with Gasteiger partial charge in [-0.15, -0.1) is 0 Å². The van der Waals surface area contributed by atoms with E-state index in [0.717, 1.165) is 24.5 Å². The highest BCUT2D eigenvalue weighted by Crippen LogP contribution is 2.28. The molecule has 0 amide bonds. The summed E-state index contributed by atoms with van der Waals surface area (Å²) >= 11 is 0. The molecule has 1 fully saturated rings. The highest BCUT2D eigenvalue weighted by molar-refractivity contribution is 5.33. The zero-order valence-electron chi connectivity index (χ0n) is 9.61. The van der Waals surface area contributed by atoms with Crippen molar-refractivity contribution in [2.75, 3.05) is 26.4 Å². The van der Waals surface area contributed by atoms with Gasteiger partial charge in [-0.2, -0.15) is 0 Å². The number of aliphatic hydroxyl groups is 1. The molecule has 0 radical (unpaired) electrons. The minimum atomic E-state index is 0.154. The molecule has 0 saturated carbocycles. The van der Waals surface area contributed by atoms with Crippen LogP contribution in [0.2, 0.25) is 0 Å². The van der Waals surface area contributed by atoms with E-state index in [0.29, 0.717) is 13.0 Å². The third-order valence-electron chi connectivity index (χ3n) is 2.83. The van der Waals surface area contributed by atoms with Crippen molar-refractivity contribution in [3.63, 3.8) is 0 Å².